The van der Waals surface area contributed by atoms with E-state index in [1.54, 1.807) is 12.1 Å². The minimum absolute atomic E-state index is 0.0167. The molecule has 2 aromatic carbocycles. The maximum absolute atomic E-state index is 14.7. The van der Waals surface area contributed by atoms with E-state index in [1.165, 1.54) is 33.6 Å². The number of hydrogen-bond acceptors (Lipinski definition) is 6. The molecule has 0 aliphatic heterocycles. The molecule has 0 aliphatic rings. The van der Waals surface area contributed by atoms with Gasteiger partial charge in [0, 0.05) is 12.1 Å². The minimum atomic E-state index is -0.810. The molecule has 2 N–H and O–H groups in total. The van der Waals surface area contributed by atoms with Crippen LogP contribution in [-0.2, 0) is 0 Å². The molecule has 0 fully saturated rings. The minimum Gasteiger partial charge on any atom is -0.368 e. The standard InChI is InChI=1S/C22H15F2N7O/c1-12-4-2-3-5-17(12)31-19(32)9-8-18(29-31)30-20(14-7-6-13(23)10-15(14)24)27-16-11-26-22(25)28-21(16)30/h2-11H,1H3,(H2,25,26,28). The maximum atomic E-state index is 14.7. The number of para-hydroxylation sites is 1. The third-order valence-corrected chi connectivity index (χ3v) is 4.95. The lowest BCUT2D eigenvalue weighted by molar-refractivity contribution is 0.584. The first-order valence-electron chi connectivity index (χ1n) is 9.55. The van der Waals surface area contributed by atoms with Crippen molar-refractivity contribution >= 4 is 17.1 Å². The summed E-state index contributed by atoms with van der Waals surface area (Å²) in [5.41, 5.74) is 7.47. The van der Waals surface area contributed by atoms with Crippen LogP contribution in [0.15, 0.2) is 65.6 Å². The lowest BCUT2D eigenvalue weighted by atomic mass is 10.2. The first-order chi connectivity index (χ1) is 15.4. The molecule has 3 aromatic heterocycles. The van der Waals surface area contributed by atoms with E-state index in [-0.39, 0.29) is 34.4 Å². The van der Waals surface area contributed by atoms with Crippen molar-refractivity contribution in [2.24, 2.45) is 0 Å². The van der Waals surface area contributed by atoms with E-state index in [1.807, 2.05) is 19.1 Å². The fraction of sp³-hybridized carbons (Fsp3) is 0.0455. The molecule has 158 valence electrons. The Kier molecular flexibility index (Phi) is 4.47. The summed E-state index contributed by atoms with van der Waals surface area (Å²) in [4.78, 5) is 25.2. The molecular formula is C22H15F2N7O. The number of nitrogens with two attached hydrogens (primary N) is 1. The second kappa shape index (κ2) is 7.34. The zero-order valence-corrected chi connectivity index (χ0v) is 16.7. The number of benzene rings is 2. The molecule has 0 amide bonds. The summed E-state index contributed by atoms with van der Waals surface area (Å²) < 4.78 is 30.9. The zero-order valence-electron chi connectivity index (χ0n) is 16.7. The Morgan fingerprint density at radius 1 is 1.00 bits per heavy atom. The molecule has 5 aromatic rings. The summed E-state index contributed by atoms with van der Waals surface area (Å²) in [6.45, 7) is 1.86. The molecule has 0 atom stereocenters. The van der Waals surface area contributed by atoms with Gasteiger partial charge in [-0.3, -0.25) is 9.36 Å². The molecule has 32 heavy (non-hydrogen) atoms. The smallest absolute Gasteiger partial charge is 0.271 e. The molecule has 10 heteroatoms. The highest BCUT2D eigenvalue weighted by atomic mass is 19.1. The average molecular weight is 431 g/mol. The highest BCUT2D eigenvalue weighted by molar-refractivity contribution is 5.79. The lowest BCUT2D eigenvalue weighted by Gasteiger charge is -2.12. The first kappa shape index (κ1) is 19.5. The molecule has 0 saturated heterocycles. The third kappa shape index (κ3) is 3.18. The van der Waals surface area contributed by atoms with E-state index in [0.29, 0.717) is 11.2 Å². The number of aromatic nitrogens is 6. The average Bonchev–Trinajstić information content (AvgIpc) is 3.13. The van der Waals surface area contributed by atoms with Crippen molar-refractivity contribution in [3.8, 4) is 22.9 Å². The van der Waals surface area contributed by atoms with Crippen LogP contribution in [0.1, 0.15) is 5.56 Å². The molecule has 0 spiro atoms. The van der Waals surface area contributed by atoms with Gasteiger partial charge in [-0.05, 0) is 36.8 Å². The lowest BCUT2D eigenvalue weighted by Crippen LogP contribution is -2.22. The molecule has 3 heterocycles. The molecule has 0 bridgehead atoms. The number of fused-ring (bicyclic) bond motifs is 1. The summed E-state index contributed by atoms with van der Waals surface area (Å²) in [5.74, 6) is -1.19. The quantitative estimate of drug-likeness (QED) is 0.470. The predicted octanol–water partition coefficient (Wildman–Crippen LogP) is 3.20. The molecule has 5 rings (SSSR count). The van der Waals surface area contributed by atoms with E-state index in [0.717, 1.165) is 17.7 Å². The van der Waals surface area contributed by atoms with Crippen molar-refractivity contribution in [2.75, 3.05) is 5.73 Å². The largest absolute Gasteiger partial charge is 0.368 e. The van der Waals surface area contributed by atoms with Crippen LogP contribution in [0.25, 0.3) is 34.1 Å². The topological polar surface area (TPSA) is 105 Å². The van der Waals surface area contributed by atoms with Gasteiger partial charge < -0.3 is 5.73 Å². The number of aryl methyl sites for hydroxylation is 1. The van der Waals surface area contributed by atoms with Gasteiger partial charge in [0.25, 0.3) is 5.56 Å². The Balaban J connectivity index is 1.83. The van der Waals surface area contributed by atoms with E-state index in [4.69, 9.17) is 5.73 Å². The van der Waals surface area contributed by atoms with Gasteiger partial charge in [-0.15, -0.1) is 5.10 Å². The fourth-order valence-corrected chi connectivity index (χ4v) is 3.45. The molecule has 0 radical (unpaired) electrons. The molecule has 8 nitrogen and oxygen atoms in total. The van der Waals surface area contributed by atoms with Crippen molar-refractivity contribution < 1.29 is 8.78 Å². The monoisotopic (exact) mass is 431 g/mol. The zero-order chi connectivity index (χ0) is 22.4. The molecular weight excluding hydrogens is 416 g/mol. The van der Waals surface area contributed by atoms with Gasteiger partial charge in [0.05, 0.1) is 17.4 Å². The highest BCUT2D eigenvalue weighted by Gasteiger charge is 2.21. The Bertz CT molecular complexity index is 1560. The first-order valence-corrected chi connectivity index (χ1v) is 9.55. The normalized spacial score (nSPS) is 11.2. The van der Waals surface area contributed by atoms with E-state index in [2.05, 4.69) is 20.1 Å². The fourth-order valence-electron chi connectivity index (χ4n) is 3.45. The van der Waals surface area contributed by atoms with Crippen molar-refractivity contribution in [2.45, 2.75) is 6.92 Å². The van der Waals surface area contributed by atoms with Gasteiger partial charge in [-0.25, -0.2) is 18.7 Å². The highest BCUT2D eigenvalue weighted by Crippen LogP contribution is 2.29. The van der Waals surface area contributed by atoms with Crippen LogP contribution >= 0.6 is 0 Å². The van der Waals surface area contributed by atoms with E-state index in [9.17, 15) is 13.6 Å². The van der Waals surface area contributed by atoms with Gasteiger partial charge >= 0.3 is 0 Å². The predicted molar refractivity (Wildman–Crippen MR) is 115 cm³/mol. The van der Waals surface area contributed by atoms with Crippen LogP contribution in [-0.4, -0.2) is 29.3 Å². The second-order valence-corrected chi connectivity index (χ2v) is 7.06. The Labute approximate surface area is 179 Å². The van der Waals surface area contributed by atoms with Crippen molar-refractivity contribution in [1.29, 1.82) is 0 Å². The van der Waals surface area contributed by atoms with Crippen molar-refractivity contribution in [1.82, 2.24) is 29.3 Å². The Morgan fingerprint density at radius 3 is 2.59 bits per heavy atom. The number of imidazole rings is 1. The number of nitrogens with zero attached hydrogens (tertiary/aromatic N) is 6. The summed E-state index contributed by atoms with van der Waals surface area (Å²) in [5, 5.41) is 4.49. The van der Waals surface area contributed by atoms with Crippen LogP contribution in [0.5, 0.6) is 0 Å². The Hall–Kier alpha value is -4.47. The Morgan fingerprint density at radius 2 is 1.81 bits per heavy atom. The third-order valence-electron chi connectivity index (χ3n) is 4.95. The summed E-state index contributed by atoms with van der Waals surface area (Å²) in [7, 11) is 0. The van der Waals surface area contributed by atoms with Gasteiger partial charge in [0.2, 0.25) is 5.95 Å². The van der Waals surface area contributed by atoms with E-state index < -0.39 is 11.6 Å². The van der Waals surface area contributed by atoms with Crippen LogP contribution in [0.2, 0.25) is 0 Å². The van der Waals surface area contributed by atoms with Crippen molar-refractivity contribution in [3.05, 3.63) is 88.3 Å². The van der Waals surface area contributed by atoms with Crippen LogP contribution in [0.3, 0.4) is 0 Å². The van der Waals surface area contributed by atoms with Gasteiger partial charge in [0.1, 0.15) is 17.2 Å². The van der Waals surface area contributed by atoms with Crippen LogP contribution < -0.4 is 11.3 Å². The number of rotatable bonds is 3. The second-order valence-electron chi connectivity index (χ2n) is 7.06. The summed E-state index contributed by atoms with van der Waals surface area (Å²) >= 11 is 0. The van der Waals surface area contributed by atoms with Gasteiger partial charge in [-0.2, -0.15) is 9.67 Å². The number of halogens is 2. The summed E-state index contributed by atoms with van der Waals surface area (Å²) in [6, 6.07) is 13.3. The number of nitrogen functional groups attached to an aromatic ring is 1. The molecule has 0 saturated carbocycles. The number of anilines is 1. The maximum Gasteiger partial charge on any atom is 0.271 e. The van der Waals surface area contributed by atoms with Crippen LogP contribution in [0.4, 0.5) is 14.7 Å². The molecule has 0 aliphatic carbocycles. The number of hydrogen-bond donors (Lipinski definition) is 1. The SMILES string of the molecule is Cc1ccccc1-n1nc(-n2c(-c3ccc(F)cc3F)nc3cnc(N)nc32)ccc1=O. The van der Waals surface area contributed by atoms with Crippen LogP contribution in [0, 0.1) is 18.6 Å². The molecule has 0 unspecified atom stereocenters. The van der Waals surface area contributed by atoms with E-state index >= 15 is 0 Å². The van der Waals surface area contributed by atoms with Gasteiger partial charge in [-0.1, -0.05) is 18.2 Å². The van der Waals surface area contributed by atoms with Crippen molar-refractivity contribution in [3.63, 3.8) is 0 Å². The van der Waals surface area contributed by atoms with Gasteiger partial charge in [0.15, 0.2) is 17.3 Å². The summed E-state index contributed by atoms with van der Waals surface area (Å²) in [6.07, 6.45) is 1.40.